The van der Waals surface area contributed by atoms with Gasteiger partial charge in [-0.3, -0.25) is 5.32 Å². The molecule has 4 heteroatoms. The van der Waals surface area contributed by atoms with E-state index in [0.717, 1.165) is 6.42 Å². The molecule has 1 fully saturated rings. The molecule has 3 unspecified atom stereocenters. The highest BCUT2D eigenvalue weighted by Crippen LogP contribution is 2.46. The van der Waals surface area contributed by atoms with Gasteiger partial charge in [0.05, 0.1) is 6.04 Å². The van der Waals surface area contributed by atoms with Gasteiger partial charge in [0.25, 0.3) is 0 Å². The number of aromatic nitrogens is 1. The first-order chi connectivity index (χ1) is 26.8. The minimum Gasteiger partial charge on any atom is -0.333 e. The third-order valence-electron chi connectivity index (χ3n) is 11.4. The number of hydrogen-bond donors (Lipinski definition) is 1. The van der Waals surface area contributed by atoms with Crippen LogP contribution in [0.25, 0.3) is 64.2 Å². The summed E-state index contributed by atoms with van der Waals surface area (Å²) in [7, 11) is 0. The zero-order chi connectivity index (χ0) is 35.6. The van der Waals surface area contributed by atoms with Crippen LogP contribution in [0.2, 0.25) is 0 Å². The molecule has 0 amide bonds. The summed E-state index contributed by atoms with van der Waals surface area (Å²) in [4.78, 5) is 2.53. The Hall–Kier alpha value is -6.20. The van der Waals surface area contributed by atoms with Gasteiger partial charge >= 0.3 is 0 Å². The Bertz CT molecular complexity index is 2860. The summed E-state index contributed by atoms with van der Waals surface area (Å²) < 4.78 is 5.25. The highest BCUT2D eigenvalue weighted by Gasteiger charge is 2.40. The molecule has 1 N–H and O–H groups in total. The second-order valence-corrected chi connectivity index (χ2v) is 15.5. The monoisotopic (exact) mass is 711 g/mol. The van der Waals surface area contributed by atoms with Gasteiger partial charge in [-0.15, -0.1) is 11.3 Å². The van der Waals surface area contributed by atoms with E-state index >= 15 is 0 Å². The van der Waals surface area contributed by atoms with Crippen LogP contribution in [0.5, 0.6) is 0 Å². The number of benzene rings is 7. The standard InChI is InChI=1S/C50H37N3S/c1-4-14-33(15-5-1)39-21-12-23-42-43-24-13-22-40(48(43)54-47(39)42)36-26-31-46-44(32-36)41-20-10-11-25-45(41)52(46)37-27-29-38(30-28-37)53-49(34-16-6-2-7-17-34)51-50(53)35-18-8-3-9-19-35/h1-27,29-32,37,49-51H,28H2. The van der Waals surface area contributed by atoms with E-state index in [1.54, 1.807) is 0 Å². The van der Waals surface area contributed by atoms with Crippen LogP contribution in [0, 0.1) is 0 Å². The maximum atomic E-state index is 3.84. The Morgan fingerprint density at radius 3 is 1.72 bits per heavy atom. The van der Waals surface area contributed by atoms with Gasteiger partial charge < -0.3 is 9.47 Å². The third-order valence-corrected chi connectivity index (χ3v) is 12.7. The summed E-state index contributed by atoms with van der Waals surface area (Å²) in [6.07, 6.45) is 8.39. The highest BCUT2D eigenvalue weighted by atomic mass is 32.1. The van der Waals surface area contributed by atoms with Crippen molar-refractivity contribution in [2.24, 2.45) is 0 Å². The third kappa shape index (κ3) is 4.98. The molecule has 3 nitrogen and oxygen atoms in total. The summed E-state index contributed by atoms with van der Waals surface area (Å²) in [6.45, 7) is 0. The first-order valence-electron chi connectivity index (χ1n) is 18.9. The molecule has 258 valence electrons. The predicted molar refractivity (Wildman–Crippen MR) is 227 cm³/mol. The Morgan fingerprint density at radius 1 is 0.500 bits per heavy atom. The molecule has 1 saturated heterocycles. The van der Waals surface area contributed by atoms with Crippen LogP contribution in [-0.2, 0) is 0 Å². The van der Waals surface area contributed by atoms with Crippen molar-refractivity contribution in [1.29, 1.82) is 0 Å². The van der Waals surface area contributed by atoms with E-state index in [-0.39, 0.29) is 18.4 Å². The lowest BCUT2D eigenvalue weighted by atomic mass is 9.97. The average Bonchev–Trinajstić information content (AvgIpc) is 3.78. The molecule has 0 bridgehead atoms. The number of rotatable bonds is 6. The summed E-state index contributed by atoms with van der Waals surface area (Å²) in [5.41, 5.74) is 11.5. The van der Waals surface area contributed by atoms with Crippen LogP contribution in [-0.4, -0.2) is 9.47 Å². The molecule has 7 aromatic carbocycles. The second-order valence-electron chi connectivity index (χ2n) is 14.4. The molecular weight excluding hydrogens is 675 g/mol. The van der Waals surface area contributed by atoms with E-state index in [1.165, 1.54) is 81.1 Å². The van der Waals surface area contributed by atoms with Crippen LogP contribution >= 0.6 is 11.3 Å². The average molecular weight is 712 g/mol. The Labute approximate surface area is 318 Å². The van der Waals surface area contributed by atoms with E-state index in [0.29, 0.717) is 0 Å². The molecule has 0 radical (unpaired) electrons. The molecule has 3 heterocycles. The van der Waals surface area contributed by atoms with Crippen molar-refractivity contribution >= 4 is 53.3 Å². The number of nitrogens with one attached hydrogen (secondary N) is 1. The van der Waals surface area contributed by atoms with Gasteiger partial charge in [0.15, 0.2) is 0 Å². The fourth-order valence-corrected chi connectivity index (χ4v) is 10.2. The van der Waals surface area contributed by atoms with E-state index in [2.05, 4.69) is 203 Å². The molecule has 1 aliphatic heterocycles. The van der Waals surface area contributed by atoms with Crippen molar-refractivity contribution < 1.29 is 0 Å². The fourth-order valence-electron chi connectivity index (χ4n) is 8.86. The molecule has 3 atom stereocenters. The summed E-state index contributed by atoms with van der Waals surface area (Å²) >= 11 is 1.92. The van der Waals surface area contributed by atoms with Crippen molar-refractivity contribution in [3.63, 3.8) is 0 Å². The van der Waals surface area contributed by atoms with Crippen molar-refractivity contribution in [2.45, 2.75) is 24.8 Å². The smallest absolute Gasteiger partial charge is 0.109 e. The normalized spacial score (nSPS) is 18.4. The molecule has 2 aromatic heterocycles. The zero-order valence-corrected chi connectivity index (χ0v) is 30.5. The van der Waals surface area contributed by atoms with Crippen molar-refractivity contribution in [1.82, 2.24) is 14.8 Å². The number of thiophene rings is 1. The second kappa shape index (κ2) is 12.7. The molecule has 0 spiro atoms. The van der Waals surface area contributed by atoms with Gasteiger partial charge in [-0.25, -0.2) is 0 Å². The van der Waals surface area contributed by atoms with Gasteiger partial charge in [-0.05, 0) is 64.1 Å². The number of para-hydroxylation sites is 1. The quantitative estimate of drug-likeness (QED) is 0.185. The fraction of sp³-hybridized carbons (Fsp3) is 0.0800. The topological polar surface area (TPSA) is 20.2 Å². The number of fused-ring (bicyclic) bond motifs is 6. The first kappa shape index (κ1) is 31.3. The minimum atomic E-state index is 0.130. The lowest BCUT2D eigenvalue weighted by Crippen LogP contribution is -2.56. The van der Waals surface area contributed by atoms with Crippen molar-refractivity contribution in [3.8, 4) is 22.3 Å². The first-order valence-corrected chi connectivity index (χ1v) is 19.7. The predicted octanol–water partition coefficient (Wildman–Crippen LogP) is 13.2. The number of nitrogens with zero attached hydrogens (tertiary/aromatic N) is 2. The van der Waals surface area contributed by atoms with Crippen LogP contribution in [0.4, 0.5) is 0 Å². The molecule has 0 saturated carbocycles. The van der Waals surface area contributed by atoms with E-state index < -0.39 is 0 Å². The lowest BCUT2D eigenvalue weighted by molar-refractivity contribution is 0.00632. The molecule has 2 aliphatic rings. The largest absolute Gasteiger partial charge is 0.333 e. The van der Waals surface area contributed by atoms with Gasteiger partial charge in [-0.1, -0.05) is 164 Å². The van der Waals surface area contributed by atoms with Gasteiger partial charge in [-0.2, -0.15) is 0 Å². The zero-order valence-electron chi connectivity index (χ0n) is 29.6. The maximum Gasteiger partial charge on any atom is 0.109 e. The van der Waals surface area contributed by atoms with Crippen molar-refractivity contribution in [3.05, 3.63) is 205 Å². The molecule has 54 heavy (non-hydrogen) atoms. The van der Waals surface area contributed by atoms with E-state index in [4.69, 9.17) is 0 Å². The Kier molecular flexibility index (Phi) is 7.39. The Balaban J connectivity index is 0.974. The highest BCUT2D eigenvalue weighted by molar-refractivity contribution is 7.26. The van der Waals surface area contributed by atoms with Crippen molar-refractivity contribution in [2.75, 3.05) is 0 Å². The van der Waals surface area contributed by atoms with E-state index in [9.17, 15) is 0 Å². The van der Waals surface area contributed by atoms with Crippen LogP contribution < -0.4 is 5.32 Å². The van der Waals surface area contributed by atoms with Gasteiger partial charge in [0, 0.05) is 47.7 Å². The maximum absolute atomic E-state index is 3.84. The van der Waals surface area contributed by atoms with Crippen LogP contribution in [0.15, 0.2) is 194 Å². The van der Waals surface area contributed by atoms with Gasteiger partial charge in [0.1, 0.15) is 12.3 Å². The SMILES string of the molecule is C1=CC(n2c3ccccc3c3cc(-c4cccc5c4sc4c(-c6ccccc6)cccc45)ccc32)CC=C1N1C(c2ccccc2)NC1c1ccccc1. The van der Waals surface area contributed by atoms with Crippen LogP contribution in [0.1, 0.15) is 35.9 Å². The summed E-state index contributed by atoms with van der Waals surface area (Å²) in [5, 5.41) is 9.09. The minimum absolute atomic E-state index is 0.130. The molecule has 1 aliphatic carbocycles. The van der Waals surface area contributed by atoms with E-state index in [1.807, 2.05) is 11.3 Å². The summed E-state index contributed by atoms with van der Waals surface area (Å²) in [5.74, 6) is 0. The van der Waals surface area contributed by atoms with Gasteiger partial charge in [0.2, 0.25) is 0 Å². The number of hydrogen-bond acceptors (Lipinski definition) is 3. The molecular formula is C50H37N3S. The lowest BCUT2D eigenvalue weighted by Gasteiger charge is -2.52. The van der Waals surface area contributed by atoms with Crippen LogP contribution in [0.3, 0.4) is 0 Å². The molecule has 9 aromatic rings. The Morgan fingerprint density at radius 2 is 1.07 bits per heavy atom. The molecule has 11 rings (SSSR count). The summed E-state index contributed by atoms with van der Waals surface area (Å²) in [6, 6.07) is 62.2. The number of allylic oxidation sites excluding steroid dienone is 3.